The maximum absolute atomic E-state index is 13.1. The van der Waals surface area contributed by atoms with E-state index in [-0.39, 0.29) is 22.0 Å². The fourth-order valence-electron chi connectivity index (χ4n) is 4.07. The Kier molecular flexibility index (Phi) is 7.29. The maximum atomic E-state index is 13.1. The first-order valence-corrected chi connectivity index (χ1v) is 12.2. The molecule has 0 aliphatic rings. The monoisotopic (exact) mass is 537 g/mol. The van der Waals surface area contributed by atoms with E-state index < -0.39 is 23.4 Å². The zero-order valence-corrected chi connectivity index (χ0v) is 21.1. The zero-order valence-electron chi connectivity index (χ0n) is 20.3. The average molecular weight is 538 g/mol. The van der Waals surface area contributed by atoms with Crippen molar-refractivity contribution in [3.63, 3.8) is 0 Å². The molecule has 5 rings (SSSR count). The van der Waals surface area contributed by atoms with E-state index in [4.69, 9.17) is 21.3 Å². The van der Waals surface area contributed by atoms with Crippen LogP contribution in [0.5, 0.6) is 0 Å². The third-order valence-electron chi connectivity index (χ3n) is 5.99. The van der Waals surface area contributed by atoms with Crippen molar-refractivity contribution >= 4 is 45.8 Å². The second kappa shape index (κ2) is 11.1. The van der Waals surface area contributed by atoms with Crippen molar-refractivity contribution in [2.45, 2.75) is 0 Å². The molecule has 1 heterocycles. The molecule has 0 atom stereocenters. The van der Waals surface area contributed by atoms with Gasteiger partial charge in [-0.25, -0.2) is 9.78 Å². The Morgan fingerprint density at radius 2 is 1.51 bits per heavy atom. The van der Waals surface area contributed by atoms with E-state index in [2.05, 4.69) is 5.32 Å². The summed E-state index contributed by atoms with van der Waals surface area (Å²) < 4.78 is 5.30. The van der Waals surface area contributed by atoms with Crippen molar-refractivity contribution in [1.29, 1.82) is 0 Å². The minimum atomic E-state index is -0.712. The van der Waals surface area contributed by atoms with Crippen LogP contribution < -0.4 is 5.32 Å². The summed E-state index contributed by atoms with van der Waals surface area (Å²) in [4.78, 5) is 40.7. The molecule has 0 spiro atoms. The molecule has 8 nitrogen and oxygen atoms in total. The molecule has 0 fully saturated rings. The number of amides is 1. The van der Waals surface area contributed by atoms with E-state index in [1.165, 1.54) is 12.1 Å². The van der Waals surface area contributed by atoms with Crippen LogP contribution >= 0.6 is 11.6 Å². The number of para-hydroxylation sites is 1. The molecule has 5 aromatic rings. The van der Waals surface area contributed by atoms with E-state index in [0.717, 1.165) is 22.8 Å². The van der Waals surface area contributed by atoms with Gasteiger partial charge in [0.25, 0.3) is 11.6 Å². The second-order valence-electron chi connectivity index (χ2n) is 8.56. The minimum Gasteiger partial charge on any atom is -0.452 e. The van der Waals surface area contributed by atoms with Gasteiger partial charge in [-0.3, -0.25) is 14.9 Å². The highest BCUT2D eigenvalue weighted by atomic mass is 35.5. The molecule has 0 aliphatic carbocycles. The molecule has 0 saturated heterocycles. The molecule has 0 bridgehead atoms. The molecule has 1 N–H and O–H groups in total. The summed E-state index contributed by atoms with van der Waals surface area (Å²) in [5.41, 5.74) is 4.19. The van der Waals surface area contributed by atoms with Gasteiger partial charge >= 0.3 is 5.97 Å². The number of fused-ring (bicyclic) bond motifs is 1. The number of nitro groups is 1. The number of rotatable bonds is 7. The Morgan fingerprint density at radius 3 is 2.26 bits per heavy atom. The van der Waals surface area contributed by atoms with Crippen molar-refractivity contribution in [2.75, 3.05) is 11.9 Å². The normalized spacial score (nSPS) is 10.7. The van der Waals surface area contributed by atoms with E-state index in [9.17, 15) is 19.7 Å². The average Bonchev–Trinajstić information content (AvgIpc) is 2.97. The molecule has 9 heteroatoms. The van der Waals surface area contributed by atoms with E-state index >= 15 is 0 Å². The molecule has 4 aromatic carbocycles. The number of carbonyl (C=O) groups excluding carboxylic acids is 2. The van der Waals surface area contributed by atoms with Crippen LogP contribution in [-0.2, 0) is 9.53 Å². The number of carbonyl (C=O) groups is 2. The molecule has 1 aromatic heterocycles. The van der Waals surface area contributed by atoms with Crippen molar-refractivity contribution in [3.8, 4) is 22.4 Å². The number of esters is 1. The molecular weight excluding hydrogens is 518 g/mol. The zero-order chi connectivity index (χ0) is 27.4. The Bertz CT molecular complexity index is 1710. The highest BCUT2D eigenvalue weighted by molar-refractivity contribution is 6.33. The highest BCUT2D eigenvalue weighted by Gasteiger charge is 2.18. The van der Waals surface area contributed by atoms with Crippen LogP contribution in [0.3, 0.4) is 0 Å². The van der Waals surface area contributed by atoms with E-state index in [1.54, 1.807) is 24.3 Å². The quantitative estimate of drug-likeness (QED) is 0.137. The molecule has 0 saturated carbocycles. The number of nitrogens with zero attached hydrogens (tertiary/aromatic N) is 2. The van der Waals surface area contributed by atoms with Crippen LogP contribution in [0.25, 0.3) is 33.3 Å². The first-order chi connectivity index (χ1) is 18.9. The van der Waals surface area contributed by atoms with Gasteiger partial charge in [0.1, 0.15) is 0 Å². The number of pyridine rings is 1. The predicted octanol–water partition coefficient (Wildman–Crippen LogP) is 6.93. The van der Waals surface area contributed by atoms with Gasteiger partial charge in [-0.15, -0.1) is 0 Å². The Balaban J connectivity index is 1.36. The lowest BCUT2D eigenvalue weighted by atomic mass is 10.0. The number of anilines is 1. The number of benzene rings is 4. The SMILES string of the molecule is O=C(COC(=O)c1cc(-c2ccc(-c3ccccc3)cc2)nc2ccccc12)Nc1cc([N+](=O)[O-])ccc1Cl. The number of halogens is 1. The molecule has 192 valence electrons. The van der Waals surface area contributed by atoms with Crippen molar-refractivity contribution in [2.24, 2.45) is 0 Å². The van der Waals surface area contributed by atoms with Crippen molar-refractivity contribution in [3.05, 3.63) is 124 Å². The van der Waals surface area contributed by atoms with Gasteiger partial charge in [-0.05, 0) is 29.3 Å². The lowest BCUT2D eigenvalue weighted by Gasteiger charge is -2.11. The van der Waals surface area contributed by atoms with Crippen LogP contribution in [0.1, 0.15) is 10.4 Å². The first-order valence-electron chi connectivity index (χ1n) is 11.9. The van der Waals surface area contributed by atoms with Gasteiger partial charge < -0.3 is 10.1 Å². The van der Waals surface area contributed by atoms with Crippen LogP contribution in [0, 0.1) is 10.1 Å². The fraction of sp³-hybridized carbons (Fsp3) is 0.0333. The van der Waals surface area contributed by atoms with Crippen LogP contribution in [0.4, 0.5) is 11.4 Å². The second-order valence-corrected chi connectivity index (χ2v) is 8.97. The van der Waals surface area contributed by atoms with Gasteiger partial charge in [0, 0.05) is 23.1 Å². The Labute approximate surface area is 228 Å². The summed E-state index contributed by atoms with van der Waals surface area (Å²) in [6.07, 6.45) is 0. The predicted molar refractivity (Wildman–Crippen MR) is 150 cm³/mol. The first kappa shape index (κ1) is 25.6. The molecule has 39 heavy (non-hydrogen) atoms. The van der Waals surface area contributed by atoms with Crippen LogP contribution in [0.2, 0.25) is 5.02 Å². The summed E-state index contributed by atoms with van der Waals surface area (Å²) in [5.74, 6) is -1.41. The van der Waals surface area contributed by atoms with E-state index in [1.807, 2.05) is 60.7 Å². The highest BCUT2D eigenvalue weighted by Crippen LogP contribution is 2.29. The van der Waals surface area contributed by atoms with Crippen molar-refractivity contribution in [1.82, 2.24) is 4.98 Å². The third-order valence-corrected chi connectivity index (χ3v) is 6.32. The van der Waals surface area contributed by atoms with Gasteiger partial charge in [0.2, 0.25) is 0 Å². The van der Waals surface area contributed by atoms with Crippen LogP contribution in [0.15, 0.2) is 103 Å². The summed E-state index contributed by atoms with van der Waals surface area (Å²) >= 11 is 6.04. The summed E-state index contributed by atoms with van der Waals surface area (Å²) in [5, 5.41) is 14.1. The van der Waals surface area contributed by atoms with Gasteiger partial charge in [-0.2, -0.15) is 0 Å². The molecule has 0 aliphatic heterocycles. The lowest BCUT2D eigenvalue weighted by molar-refractivity contribution is -0.384. The molecular formula is C30H20ClN3O5. The molecule has 0 radical (unpaired) electrons. The minimum absolute atomic E-state index is 0.0440. The number of non-ortho nitro benzene ring substituents is 1. The fourth-order valence-corrected chi connectivity index (χ4v) is 4.24. The number of nitrogens with one attached hydrogen (secondary N) is 1. The number of nitro benzene ring substituents is 1. The maximum Gasteiger partial charge on any atom is 0.339 e. The van der Waals surface area contributed by atoms with Crippen LogP contribution in [-0.4, -0.2) is 28.4 Å². The lowest BCUT2D eigenvalue weighted by Crippen LogP contribution is -2.21. The van der Waals surface area contributed by atoms with Gasteiger partial charge in [-0.1, -0.05) is 84.4 Å². The third kappa shape index (κ3) is 5.76. The number of hydrogen-bond donors (Lipinski definition) is 1. The number of ether oxygens (including phenoxy) is 1. The summed E-state index contributed by atoms with van der Waals surface area (Å²) in [6.45, 7) is -0.615. The van der Waals surface area contributed by atoms with Gasteiger partial charge in [0.05, 0.1) is 32.4 Å². The van der Waals surface area contributed by atoms with Crippen molar-refractivity contribution < 1.29 is 19.2 Å². The molecule has 0 unspecified atom stereocenters. The molecule has 1 amide bonds. The van der Waals surface area contributed by atoms with E-state index in [0.29, 0.717) is 16.6 Å². The number of aromatic nitrogens is 1. The van der Waals surface area contributed by atoms with Gasteiger partial charge in [0.15, 0.2) is 6.61 Å². The largest absolute Gasteiger partial charge is 0.452 e. The standard InChI is InChI=1S/C30H20ClN3O5/c31-25-15-14-22(34(37)38)16-28(25)33-29(35)18-39-30(36)24-17-27(32-26-9-5-4-8-23(24)26)21-12-10-20(11-13-21)19-6-2-1-3-7-19/h1-17H,18H2,(H,33,35). The Morgan fingerprint density at radius 1 is 0.846 bits per heavy atom. The summed E-state index contributed by atoms with van der Waals surface area (Å²) in [6, 6.07) is 30.3. The smallest absolute Gasteiger partial charge is 0.339 e. The topological polar surface area (TPSA) is 111 Å². The summed E-state index contributed by atoms with van der Waals surface area (Å²) in [7, 11) is 0. The number of hydrogen-bond acceptors (Lipinski definition) is 6. The Hall–Kier alpha value is -5.08.